The van der Waals surface area contributed by atoms with Crippen molar-refractivity contribution in [2.24, 2.45) is 0 Å². The molecule has 0 aliphatic carbocycles. The second kappa shape index (κ2) is 5.28. The van der Waals surface area contributed by atoms with Gasteiger partial charge in [-0.2, -0.15) is 13.2 Å². The summed E-state index contributed by atoms with van der Waals surface area (Å²) in [5.74, 6) is -1.36. The number of H-pyrrole nitrogens is 1. The highest BCUT2D eigenvalue weighted by atomic mass is 19.4. The van der Waals surface area contributed by atoms with Crippen LogP contribution in [0.3, 0.4) is 0 Å². The molecule has 1 saturated heterocycles. The lowest BCUT2D eigenvalue weighted by atomic mass is 10.2. The van der Waals surface area contributed by atoms with Gasteiger partial charge in [-0.1, -0.05) is 0 Å². The second-order valence-electron chi connectivity index (χ2n) is 4.59. The Bertz CT molecular complexity index is 632. The Morgan fingerprint density at radius 2 is 2.24 bits per heavy atom. The molecular weight excluding hydrogens is 297 g/mol. The number of aromatic amines is 1. The molecule has 21 heavy (non-hydrogen) atoms. The highest BCUT2D eigenvalue weighted by molar-refractivity contribution is 5.09. The first-order chi connectivity index (χ1) is 9.72. The van der Waals surface area contributed by atoms with Crippen LogP contribution in [-0.2, 0) is 15.7 Å². The highest BCUT2D eigenvalue weighted by Gasteiger charge is 2.42. The zero-order valence-electron chi connectivity index (χ0n) is 10.9. The number of nitrogens with zero attached hydrogens (tertiary/aromatic N) is 1. The monoisotopic (exact) mass is 310 g/mol. The van der Waals surface area contributed by atoms with Crippen molar-refractivity contribution in [1.82, 2.24) is 9.55 Å². The predicted octanol–water partition coefficient (Wildman–Crippen LogP) is 0.199. The van der Waals surface area contributed by atoms with Crippen molar-refractivity contribution >= 4 is 0 Å². The normalized spacial score (nSPS) is 26.2. The second-order valence-corrected chi connectivity index (χ2v) is 4.59. The van der Waals surface area contributed by atoms with Crippen molar-refractivity contribution in [2.45, 2.75) is 31.0 Å². The van der Waals surface area contributed by atoms with Gasteiger partial charge in [0.15, 0.2) is 5.79 Å². The summed E-state index contributed by atoms with van der Waals surface area (Å²) >= 11 is 0. The van der Waals surface area contributed by atoms with Gasteiger partial charge in [-0.25, -0.2) is 4.79 Å². The zero-order valence-corrected chi connectivity index (χ0v) is 10.9. The highest BCUT2D eigenvalue weighted by Crippen LogP contribution is 2.36. The average molecular weight is 310 g/mol. The Morgan fingerprint density at radius 1 is 1.57 bits per heavy atom. The minimum absolute atomic E-state index is 0.150. The summed E-state index contributed by atoms with van der Waals surface area (Å²) in [5.41, 5.74) is -4.03. The molecule has 118 valence electrons. The van der Waals surface area contributed by atoms with Gasteiger partial charge in [-0.05, 0) is 6.42 Å². The fourth-order valence-electron chi connectivity index (χ4n) is 2.14. The van der Waals surface area contributed by atoms with Crippen LogP contribution in [0.5, 0.6) is 0 Å². The number of alkyl halides is 3. The van der Waals surface area contributed by atoms with E-state index in [2.05, 4.69) is 0 Å². The third kappa shape index (κ3) is 2.87. The van der Waals surface area contributed by atoms with E-state index in [0.29, 0.717) is 10.8 Å². The lowest BCUT2D eigenvalue weighted by Gasteiger charge is -2.25. The van der Waals surface area contributed by atoms with E-state index >= 15 is 0 Å². The maximum absolute atomic E-state index is 12.7. The topological polar surface area (TPSA) is 93.5 Å². The molecule has 2 rings (SSSR count). The number of hydrogen-bond donors (Lipinski definition) is 2. The Kier molecular flexibility index (Phi) is 3.95. The van der Waals surface area contributed by atoms with Crippen LogP contribution < -0.4 is 11.2 Å². The molecule has 0 aromatic carbocycles. The van der Waals surface area contributed by atoms with Gasteiger partial charge >= 0.3 is 11.9 Å². The molecule has 2 atom stereocenters. The molecule has 2 N–H and O–H groups in total. The van der Waals surface area contributed by atoms with E-state index in [4.69, 9.17) is 9.47 Å². The molecule has 2 heterocycles. The summed E-state index contributed by atoms with van der Waals surface area (Å²) in [6.07, 6.45) is -5.20. The first kappa shape index (κ1) is 15.7. The minimum atomic E-state index is -4.89. The van der Waals surface area contributed by atoms with Crippen molar-refractivity contribution in [3.05, 3.63) is 32.6 Å². The van der Waals surface area contributed by atoms with Crippen molar-refractivity contribution in [1.29, 1.82) is 0 Å². The Balaban J connectivity index is 2.42. The average Bonchev–Trinajstić information content (AvgIpc) is 2.82. The van der Waals surface area contributed by atoms with Gasteiger partial charge in [-0.3, -0.25) is 14.3 Å². The van der Waals surface area contributed by atoms with Crippen LogP contribution in [0, 0.1) is 0 Å². The van der Waals surface area contributed by atoms with Crippen molar-refractivity contribution in [2.75, 3.05) is 13.7 Å². The number of halogens is 3. The molecule has 7 nitrogen and oxygen atoms in total. The Hall–Kier alpha value is -1.65. The lowest BCUT2D eigenvalue weighted by molar-refractivity contribution is -0.242. The van der Waals surface area contributed by atoms with Gasteiger partial charge in [0.2, 0.25) is 0 Å². The predicted molar refractivity (Wildman–Crippen MR) is 62.5 cm³/mol. The van der Waals surface area contributed by atoms with Crippen LogP contribution in [0.15, 0.2) is 15.8 Å². The van der Waals surface area contributed by atoms with E-state index in [0.717, 1.165) is 0 Å². The summed E-state index contributed by atoms with van der Waals surface area (Å²) in [6, 6.07) is 0. The summed E-state index contributed by atoms with van der Waals surface area (Å²) < 4.78 is 49.0. The van der Waals surface area contributed by atoms with Crippen LogP contribution >= 0.6 is 0 Å². The number of rotatable bonds is 3. The first-order valence-corrected chi connectivity index (χ1v) is 5.99. The summed E-state index contributed by atoms with van der Waals surface area (Å²) in [5, 5.41) is 9.20. The van der Waals surface area contributed by atoms with Gasteiger partial charge in [0.25, 0.3) is 5.56 Å². The number of hydrogen-bond acceptors (Lipinski definition) is 5. The van der Waals surface area contributed by atoms with Crippen LogP contribution in [0.1, 0.15) is 24.6 Å². The molecular formula is C11H13F3N2O5. The number of aliphatic hydroxyl groups is 1. The molecule has 1 aromatic rings. The number of aromatic nitrogens is 2. The van der Waals surface area contributed by atoms with Gasteiger partial charge < -0.3 is 14.6 Å². The molecule has 0 radical (unpaired) electrons. The number of methoxy groups -OCH3 is 1. The molecule has 1 aromatic heterocycles. The lowest BCUT2D eigenvalue weighted by Crippen LogP contribution is -2.39. The maximum Gasteiger partial charge on any atom is 0.423 e. The van der Waals surface area contributed by atoms with Crippen molar-refractivity contribution in [3.8, 4) is 0 Å². The molecule has 0 saturated carbocycles. The third-order valence-electron chi connectivity index (χ3n) is 3.32. The molecule has 1 aliphatic heterocycles. The fourth-order valence-corrected chi connectivity index (χ4v) is 2.14. The Morgan fingerprint density at radius 3 is 2.71 bits per heavy atom. The van der Waals surface area contributed by atoms with Crippen LogP contribution in [-0.4, -0.2) is 34.2 Å². The molecule has 1 fully saturated rings. The van der Waals surface area contributed by atoms with E-state index in [1.807, 2.05) is 0 Å². The number of ether oxygens (including phenoxy) is 2. The first-order valence-electron chi connectivity index (χ1n) is 5.99. The smallest absolute Gasteiger partial charge is 0.391 e. The fraction of sp³-hybridized carbons (Fsp3) is 0.636. The summed E-state index contributed by atoms with van der Waals surface area (Å²) in [7, 11) is 1.27. The summed E-state index contributed by atoms with van der Waals surface area (Å²) in [4.78, 5) is 24.5. The quantitative estimate of drug-likeness (QED) is 0.832. The third-order valence-corrected chi connectivity index (χ3v) is 3.32. The van der Waals surface area contributed by atoms with E-state index in [9.17, 15) is 27.9 Å². The molecule has 0 unspecified atom stereocenters. The Labute approximate surface area is 115 Å². The van der Waals surface area contributed by atoms with Crippen LogP contribution in [0.2, 0.25) is 0 Å². The SMILES string of the molecule is CO[C@]1(CO)CC[C@@H](n2cc(C(F)(F)F)c(=O)[nH]c2=O)O1. The standard InChI is InChI=1S/C11H13F3N2O5/c1-20-10(5-17)3-2-7(21-10)16-4-6(11(12,13)14)8(18)15-9(16)19/h4,7,17H,2-3,5H2,1H3,(H,15,18,19)/t7-,10+/m0/s1. The van der Waals surface area contributed by atoms with Crippen molar-refractivity contribution in [3.63, 3.8) is 0 Å². The summed E-state index contributed by atoms with van der Waals surface area (Å²) in [6.45, 7) is -0.510. The number of nitrogens with one attached hydrogen (secondary N) is 1. The zero-order chi connectivity index (χ0) is 15.8. The largest absolute Gasteiger partial charge is 0.423 e. The van der Waals surface area contributed by atoms with Crippen LogP contribution in [0.25, 0.3) is 0 Å². The van der Waals surface area contributed by atoms with Crippen molar-refractivity contribution < 1.29 is 27.8 Å². The molecule has 10 heteroatoms. The van der Waals surface area contributed by atoms with Gasteiger partial charge in [0, 0.05) is 19.7 Å². The van der Waals surface area contributed by atoms with Gasteiger partial charge in [-0.15, -0.1) is 0 Å². The van der Waals surface area contributed by atoms with Gasteiger partial charge in [0.1, 0.15) is 11.8 Å². The van der Waals surface area contributed by atoms with Gasteiger partial charge in [0.05, 0.1) is 6.61 Å². The molecule has 0 bridgehead atoms. The minimum Gasteiger partial charge on any atom is -0.391 e. The molecule has 0 spiro atoms. The van der Waals surface area contributed by atoms with E-state index in [1.54, 1.807) is 4.98 Å². The molecule has 0 amide bonds. The van der Waals surface area contributed by atoms with Crippen LogP contribution in [0.4, 0.5) is 13.2 Å². The van der Waals surface area contributed by atoms with E-state index in [1.165, 1.54) is 7.11 Å². The van der Waals surface area contributed by atoms with E-state index < -0.39 is 41.6 Å². The maximum atomic E-state index is 12.7. The molecule has 1 aliphatic rings. The number of aliphatic hydroxyl groups excluding tert-OH is 1. The van der Waals surface area contributed by atoms with E-state index in [-0.39, 0.29) is 12.8 Å².